The molecule has 0 saturated carbocycles. The van der Waals surface area contributed by atoms with E-state index in [0.29, 0.717) is 19.8 Å². The summed E-state index contributed by atoms with van der Waals surface area (Å²) in [5.41, 5.74) is 4.63. The van der Waals surface area contributed by atoms with Gasteiger partial charge in [-0.3, -0.25) is 0 Å². The van der Waals surface area contributed by atoms with Gasteiger partial charge in [-0.1, -0.05) is 13.8 Å². The predicted molar refractivity (Wildman–Crippen MR) is 63.2 cm³/mol. The third-order valence-corrected chi connectivity index (χ3v) is 3.95. The lowest BCUT2D eigenvalue weighted by Gasteiger charge is -2.50. The molecule has 1 heterocycles. The molecule has 0 spiro atoms. The summed E-state index contributed by atoms with van der Waals surface area (Å²) in [6.45, 7) is 6.05. The number of hydrogen-bond acceptors (Lipinski definition) is 4. The van der Waals surface area contributed by atoms with Crippen molar-refractivity contribution < 1.29 is 14.6 Å². The van der Waals surface area contributed by atoms with Crippen LogP contribution in [0, 0.1) is 11.3 Å². The maximum atomic E-state index is 10.9. The van der Waals surface area contributed by atoms with Crippen molar-refractivity contribution in [1.82, 2.24) is 0 Å². The Balaban J connectivity index is 2.96. The summed E-state index contributed by atoms with van der Waals surface area (Å²) in [5, 5.41) is 10.9. The van der Waals surface area contributed by atoms with Crippen LogP contribution in [0.1, 0.15) is 26.7 Å². The third kappa shape index (κ3) is 2.25. The molecule has 3 N–H and O–H groups in total. The number of ether oxygens (including phenoxy) is 2. The van der Waals surface area contributed by atoms with Gasteiger partial charge in [0.15, 0.2) is 0 Å². The summed E-state index contributed by atoms with van der Waals surface area (Å²) in [4.78, 5) is 0. The number of nitrogens with two attached hydrogens (primary N) is 1. The Bertz CT molecular complexity index is 212. The Morgan fingerprint density at radius 1 is 1.56 bits per heavy atom. The van der Waals surface area contributed by atoms with Crippen molar-refractivity contribution in [3.05, 3.63) is 0 Å². The van der Waals surface area contributed by atoms with Crippen molar-refractivity contribution in [2.45, 2.75) is 32.3 Å². The Morgan fingerprint density at radius 3 is 2.62 bits per heavy atom. The van der Waals surface area contributed by atoms with E-state index in [-0.39, 0.29) is 11.3 Å². The van der Waals surface area contributed by atoms with Crippen LogP contribution >= 0.6 is 0 Å². The molecule has 1 aliphatic rings. The first kappa shape index (κ1) is 13.9. The van der Waals surface area contributed by atoms with E-state index in [9.17, 15) is 5.11 Å². The van der Waals surface area contributed by atoms with Crippen molar-refractivity contribution >= 4 is 0 Å². The van der Waals surface area contributed by atoms with Crippen LogP contribution in [0.15, 0.2) is 0 Å². The second-order valence-electron chi connectivity index (χ2n) is 5.15. The van der Waals surface area contributed by atoms with Gasteiger partial charge in [-0.15, -0.1) is 0 Å². The van der Waals surface area contributed by atoms with Gasteiger partial charge in [0.05, 0.1) is 18.8 Å². The van der Waals surface area contributed by atoms with Crippen LogP contribution in [-0.4, -0.2) is 44.2 Å². The standard InChI is InChI=1S/C12H25NO3/c1-10(2)12(14,9-15-3)11(7-13)5-4-6-16-8-11/h10,14H,4-9,13H2,1-3H3. The average Bonchev–Trinajstić information content (AvgIpc) is 2.29. The fraction of sp³-hybridized carbons (Fsp3) is 1.00. The minimum Gasteiger partial charge on any atom is -0.386 e. The van der Waals surface area contributed by atoms with Gasteiger partial charge in [0.2, 0.25) is 0 Å². The molecule has 0 aromatic heterocycles. The predicted octanol–water partition coefficient (Wildman–Crippen LogP) is 0.775. The monoisotopic (exact) mass is 231 g/mol. The summed E-state index contributed by atoms with van der Waals surface area (Å²) >= 11 is 0. The molecule has 2 unspecified atom stereocenters. The molecule has 1 aliphatic heterocycles. The van der Waals surface area contributed by atoms with Gasteiger partial charge in [0.25, 0.3) is 0 Å². The SMILES string of the molecule is COCC(O)(C(C)C)C1(CN)CCCOC1. The van der Waals surface area contributed by atoms with Crippen molar-refractivity contribution in [3.8, 4) is 0 Å². The van der Waals surface area contributed by atoms with Gasteiger partial charge in [-0.25, -0.2) is 0 Å². The fourth-order valence-electron chi connectivity index (χ4n) is 2.68. The van der Waals surface area contributed by atoms with Crippen molar-refractivity contribution in [2.24, 2.45) is 17.1 Å². The van der Waals surface area contributed by atoms with Crippen molar-refractivity contribution in [3.63, 3.8) is 0 Å². The highest BCUT2D eigenvalue weighted by Gasteiger charge is 2.52. The second kappa shape index (κ2) is 5.45. The van der Waals surface area contributed by atoms with Crippen LogP contribution < -0.4 is 5.73 Å². The van der Waals surface area contributed by atoms with Gasteiger partial charge in [0, 0.05) is 25.7 Å². The maximum absolute atomic E-state index is 10.9. The van der Waals surface area contributed by atoms with Gasteiger partial charge in [-0.2, -0.15) is 0 Å². The van der Waals surface area contributed by atoms with Crippen molar-refractivity contribution in [1.29, 1.82) is 0 Å². The molecular weight excluding hydrogens is 206 g/mol. The second-order valence-corrected chi connectivity index (χ2v) is 5.15. The van der Waals surface area contributed by atoms with Crippen LogP contribution in [0.3, 0.4) is 0 Å². The largest absolute Gasteiger partial charge is 0.386 e. The summed E-state index contributed by atoms with van der Waals surface area (Å²) in [7, 11) is 1.61. The molecule has 0 amide bonds. The summed E-state index contributed by atoms with van der Waals surface area (Å²) < 4.78 is 10.7. The Morgan fingerprint density at radius 2 is 2.25 bits per heavy atom. The highest BCUT2D eigenvalue weighted by atomic mass is 16.5. The van der Waals surface area contributed by atoms with E-state index in [0.717, 1.165) is 19.4 Å². The lowest BCUT2D eigenvalue weighted by molar-refractivity contribution is -0.190. The van der Waals surface area contributed by atoms with Gasteiger partial charge in [0.1, 0.15) is 0 Å². The van der Waals surface area contributed by atoms with Gasteiger partial charge in [-0.05, 0) is 18.8 Å². The molecule has 96 valence electrons. The smallest absolute Gasteiger partial charge is 0.0992 e. The van der Waals surface area contributed by atoms with Crippen LogP contribution in [0.25, 0.3) is 0 Å². The Hall–Kier alpha value is -0.160. The third-order valence-electron chi connectivity index (χ3n) is 3.95. The van der Waals surface area contributed by atoms with Crippen LogP contribution in [0.5, 0.6) is 0 Å². The quantitative estimate of drug-likeness (QED) is 0.733. The number of hydrogen-bond donors (Lipinski definition) is 2. The van der Waals surface area contributed by atoms with E-state index in [1.165, 1.54) is 0 Å². The Labute approximate surface area is 98.1 Å². The average molecular weight is 231 g/mol. The molecule has 2 atom stereocenters. The van der Waals surface area contributed by atoms with Gasteiger partial charge >= 0.3 is 0 Å². The molecule has 0 bridgehead atoms. The first-order chi connectivity index (χ1) is 7.52. The lowest BCUT2D eigenvalue weighted by Crippen LogP contribution is -2.61. The molecule has 4 nitrogen and oxygen atoms in total. The van der Waals surface area contributed by atoms with E-state index < -0.39 is 5.60 Å². The summed E-state index contributed by atoms with van der Waals surface area (Å²) in [6.07, 6.45) is 1.86. The Kier molecular flexibility index (Phi) is 4.73. The highest BCUT2D eigenvalue weighted by molar-refractivity contribution is 5.02. The molecule has 0 aliphatic carbocycles. The van der Waals surface area contributed by atoms with Crippen molar-refractivity contribution in [2.75, 3.05) is 33.5 Å². The van der Waals surface area contributed by atoms with E-state index in [2.05, 4.69) is 0 Å². The molecular formula is C12H25NO3. The van der Waals surface area contributed by atoms with E-state index in [1.807, 2.05) is 13.8 Å². The number of rotatable bonds is 5. The first-order valence-corrected chi connectivity index (χ1v) is 6.01. The van der Waals surface area contributed by atoms with Crippen LogP contribution in [0.2, 0.25) is 0 Å². The zero-order valence-electron chi connectivity index (χ0n) is 10.7. The summed E-state index contributed by atoms with van der Waals surface area (Å²) in [6, 6.07) is 0. The fourth-order valence-corrected chi connectivity index (χ4v) is 2.68. The van der Waals surface area contributed by atoms with E-state index in [4.69, 9.17) is 15.2 Å². The normalized spacial score (nSPS) is 30.4. The minimum absolute atomic E-state index is 0.0951. The molecule has 1 rings (SSSR count). The lowest BCUT2D eigenvalue weighted by atomic mass is 9.64. The van der Waals surface area contributed by atoms with Gasteiger partial charge < -0.3 is 20.3 Å². The number of methoxy groups -OCH3 is 1. The zero-order chi connectivity index (χ0) is 12.2. The maximum Gasteiger partial charge on any atom is 0.0992 e. The summed E-state index contributed by atoms with van der Waals surface area (Å²) in [5.74, 6) is 0.0951. The molecule has 16 heavy (non-hydrogen) atoms. The molecule has 0 aromatic carbocycles. The number of aliphatic hydroxyl groups is 1. The molecule has 0 aromatic rings. The minimum atomic E-state index is -0.906. The van der Waals surface area contributed by atoms with Crippen LogP contribution in [0.4, 0.5) is 0 Å². The molecule has 1 fully saturated rings. The molecule has 4 heteroatoms. The topological polar surface area (TPSA) is 64.7 Å². The van der Waals surface area contributed by atoms with E-state index >= 15 is 0 Å². The zero-order valence-corrected chi connectivity index (χ0v) is 10.7. The molecule has 1 saturated heterocycles. The van der Waals surface area contributed by atoms with E-state index in [1.54, 1.807) is 7.11 Å². The van der Waals surface area contributed by atoms with Crippen LogP contribution in [-0.2, 0) is 9.47 Å². The first-order valence-electron chi connectivity index (χ1n) is 6.01. The molecule has 0 radical (unpaired) electrons. The highest BCUT2D eigenvalue weighted by Crippen LogP contribution is 2.43.